The Labute approximate surface area is 94.8 Å². The summed E-state index contributed by atoms with van der Waals surface area (Å²) in [7, 11) is 0.663. The number of nitrogens with one attached hydrogen (secondary N) is 1. The first kappa shape index (κ1) is 15.0. The summed E-state index contributed by atoms with van der Waals surface area (Å²) in [6.07, 6.45) is 0.946. The van der Waals surface area contributed by atoms with Crippen LogP contribution in [-0.4, -0.2) is 42.9 Å². The Morgan fingerprint density at radius 1 is 1.47 bits per heavy atom. The van der Waals surface area contributed by atoms with Crippen molar-refractivity contribution in [1.82, 2.24) is 5.32 Å². The molecule has 0 aromatic heterocycles. The summed E-state index contributed by atoms with van der Waals surface area (Å²) >= 11 is 0. The maximum absolute atomic E-state index is 11.8. The van der Waals surface area contributed by atoms with E-state index in [2.05, 4.69) is 32.8 Å². The van der Waals surface area contributed by atoms with E-state index in [1.54, 1.807) is 0 Å². The molecule has 0 aliphatic rings. The molecular formula is C11H24NO2P. The molecule has 2 N–H and O–H groups in total. The fourth-order valence-corrected chi connectivity index (χ4v) is 2.64. The molecule has 0 aliphatic heterocycles. The van der Waals surface area contributed by atoms with Crippen LogP contribution in [0.4, 0.5) is 0 Å². The van der Waals surface area contributed by atoms with Crippen molar-refractivity contribution >= 4 is 14.4 Å². The van der Waals surface area contributed by atoms with Gasteiger partial charge < -0.3 is 10.4 Å². The SMILES string of the molecule is CPC(CC(C)(C)C)C(=O)CNCCO. The van der Waals surface area contributed by atoms with Gasteiger partial charge in [0.2, 0.25) is 0 Å². The van der Waals surface area contributed by atoms with Gasteiger partial charge in [0.25, 0.3) is 0 Å². The lowest BCUT2D eigenvalue weighted by molar-refractivity contribution is -0.118. The number of ketones is 1. The van der Waals surface area contributed by atoms with Gasteiger partial charge in [0, 0.05) is 12.2 Å². The van der Waals surface area contributed by atoms with Crippen LogP contribution < -0.4 is 5.32 Å². The van der Waals surface area contributed by atoms with Gasteiger partial charge in [0.1, 0.15) is 0 Å². The van der Waals surface area contributed by atoms with Crippen LogP contribution in [0.15, 0.2) is 0 Å². The molecule has 0 aromatic carbocycles. The molecule has 0 saturated heterocycles. The first-order valence-electron chi connectivity index (χ1n) is 5.42. The summed E-state index contributed by atoms with van der Waals surface area (Å²) in [4.78, 5) is 11.8. The highest BCUT2D eigenvalue weighted by atomic mass is 31.1. The second-order valence-corrected chi connectivity index (χ2v) is 6.25. The van der Waals surface area contributed by atoms with Crippen molar-refractivity contribution in [2.75, 3.05) is 26.4 Å². The summed E-state index contributed by atoms with van der Waals surface area (Å²) in [5.41, 5.74) is 0.386. The number of carbonyl (C=O) groups excluding carboxylic acids is 1. The first-order valence-corrected chi connectivity index (χ1v) is 7.00. The number of carbonyl (C=O) groups is 1. The Kier molecular flexibility index (Phi) is 7.33. The van der Waals surface area contributed by atoms with Gasteiger partial charge in [-0.3, -0.25) is 4.79 Å². The third-order valence-corrected chi connectivity index (χ3v) is 3.36. The normalized spacial score (nSPS) is 14.7. The number of aliphatic hydroxyl groups is 1. The topological polar surface area (TPSA) is 49.3 Å². The monoisotopic (exact) mass is 233 g/mol. The van der Waals surface area contributed by atoms with Gasteiger partial charge in [0.15, 0.2) is 5.78 Å². The van der Waals surface area contributed by atoms with E-state index >= 15 is 0 Å². The number of Topliss-reactive ketones (excluding diaryl/α,β-unsaturated/α-hetero) is 1. The molecule has 0 radical (unpaired) electrons. The standard InChI is InChI=1S/C11H24NO2P/c1-11(2,3)7-10(15-4)9(14)8-12-5-6-13/h10,12-13,15H,5-8H2,1-4H3. The van der Waals surface area contributed by atoms with Crippen molar-refractivity contribution in [2.24, 2.45) is 5.41 Å². The van der Waals surface area contributed by atoms with Crippen LogP contribution in [-0.2, 0) is 4.79 Å². The zero-order chi connectivity index (χ0) is 11.9. The molecule has 0 bridgehead atoms. The predicted molar refractivity (Wildman–Crippen MR) is 67.1 cm³/mol. The third-order valence-electron chi connectivity index (χ3n) is 2.14. The Morgan fingerprint density at radius 2 is 2.07 bits per heavy atom. The van der Waals surface area contributed by atoms with Gasteiger partial charge >= 0.3 is 0 Å². The first-order chi connectivity index (χ1) is 6.90. The minimum atomic E-state index is 0.0889. The van der Waals surface area contributed by atoms with E-state index in [9.17, 15) is 4.79 Å². The highest BCUT2D eigenvalue weighted by Gasteiger charge is 2.22. The molecule has 2 atom stereocenters. The smallest absolute Gasteiger partial charge is 0.153 e. The highest BCUT2D eigenvalue weighted by molar-refractivity contribution is 7.39. The van der Waals surface area contributed by atoms with Gasteiger partial charge in [-0.2, -0.15) is 0 Å². The summed E-state index contributed by atoms with van der Waals surface area (Å²) in [5, 5.41) is 11.5. The Morgan fingerprint density at radius 3 is 2.47 bits per heavy atom. The molecule has 90 valence electrons. The van der Waals surface area contributed by atoms with Gasteiger partial charge in [-0.1, -0.05) is 20.8 Å². The number of hydrogen-bond acceptors (Lipinski definition) is 3. The van der Waals surface area contributed by atoms with Crippen LogP contribution in [0.5, 0.6) is 0 Å². The van der Waals surface area contributed by atoms with Crippen molar-refractivity contribution < 1.29 is 9.90 Å². The van der Waals surface area contributed by atoms with Crippen molar-refractivity contribution in [3.8, 4) is 0 Å². The maximum Gasteiger partial charge on any atom is 0.153 e. The molecule has 0 amide bonds. The van der Waals surface area contributed by atoms with Crippen LogP contribution in [0, 0.1) is 5.41 Å². The molecule has 0 aliphatic carbocycles. The lowest BCUT2D eigenvalue weighted by atomic mass is 9.89. The van der Waals surface area contributed by atoms with Crippen molar-refractivity contribution in [2.45, 2.75) is 32.9 Å². The van der Waals surface area contributed by atoms with E-state index in [0.29, 0.717) is 21.7 Å². The van der Waals surface area contributed by atoms with E-state index in [1.807, 2.05) is 0 Å². The minimum Gasteiger partial charge on any atom is -0.395 e. The Balaban J connectivity index is 4.00. The van der Waals surface area contributed by atoms with E-state index in [0.717, 1.165) is 6.42 Å². The molecule has 4 heteroatoms. The maximum atomic E-state index is 11.8. The molecule has 0 saturated carbocycles. The predicted octanol–water partition coefficient (Wildman–Crippen LogP) is 1.25. The second-order valence-electron chi connectivity index (χ2n) is 4.97. The Hall–Kier alpha value is 0.0200. The van der Waals surface area contributed by atoms with Crippen LogP contribution in [0.3, 0.4) is 0 Å². The quantitative estimate of drug-likeness (QED) is 0.514. The largest absolute Gasteiger partial charge is 0.395 e. The van der Waals surface area contributed by atoms with Crippen LogP contribution in [0.25, 0.3) is 0 Å². The fraction of sp³-hybridized carbons (Fsp3) is 0.909. The van der Waals surface area contributed by atoms with Crippen molar-refractivity contribution in [3.05, 3.63) is 0 Å². The number of rotatable bonds is 7. The zero-order valence-electron chi connectivity index (χ0n) is 10.3. The summed E-state index contributed by atoms with van der Waals surface area (Å²) in [6.45, 7) is 9.55. The third kappa shape index (κ3) is 7.89. The molecule has 15 heavy (non-hydrogen) atoms. The Bertz CT molecular complexity index is 190. The molecule has 3 nitrogen and oxygen atoms in total. The zero-order valence-corrected chi connectivity index (χ0v) is 11.3. The molecule has 0 aromatic rings. The summed E-state index contributed by atoms with van der Waals surface area (Å²) in [5.74, 6) is 0.277. The molecule has 0 fully saturated rings. The number of aliphatic hydroxyl groups excluding tert-OH is 1. The van der Waals surface area contributed by atoms with Crippen LogP contribution in [0.2, 0.25) is 0 Å². The van der Waals surface area contributed by atoms with Gasteiger partial charge in [-0.05, 0) is 18.5 Å². The molecule has 2 unspecified atom stereocenters. The molecular weight excluding hydrogens is 209 g/mol. The average molecular weight is 233 g/mol. The lowest BCUT2D eigenvalue weighted by Crippen LogP contribution is -2.33. The van der Waals surface area contributed by atoms with E-state index in [1.165, 1.54) is 0 Å². The number of hydrogen-bond donors (Lipinski definition) is 2. The van der Waals surface area contributed by atoms with E-state index < -0.39 is 0 Å². The highest BCUT2D eigenvalue weighted by Crippen LogP contribution is 2.29. The summed E-state index contributed by atoms with van der Waals surface area (Å²) in [6, 6.07) is 0. The summed E-state index contributed by atoms with van der Waals surface area (Å²) < 4.78 is 0. The van der Waals surface area contributed by atoms with Crippen molar-refractivity contribution in [3.63, 3.8) is 0 Å². The van der Waals surface area contributed by atoms with E-state index in [4.69, 9.17) is 5.11 Å². The molecule has 0 spiro atoms. The minimum absolute atomic E-state index is 0.0889. The van der Waals surface area contributed by atoms with Crippen LogP contribution in [0.1, 0.15) is 27.2 Å². The molecule has 0 rings (SSSR count). The average Bonchev–Trinajstić information content (AvgIpc) is 2.13. The lowest BCUT2D eigenvalue weighted by Gasteiger charge is -2.24. The van der Waals surface area contributed by atoms with Gasteiger partial charge in [-0.15, -0.1) is 8.58 Å². The fourth-order valence-electron chi connectivity index (χ4n) is 1.40. The van der Waals surface area contributed by atoms with Gasteiger partial charge in [-0.25, -0.2) is 0 Å². The van der Waals surface area contributed by atoms with E-state index in [-0.39, 0.29) is 23.5 Å². The van der Waals surface area contributed by atoms with Gasteiger partial charge in [0.05, 0.1) is 13.2 Å². The second kappa shape index (κ2) is 7.32. The molecule has 0 heterocycles. The van der Waals surface area contributed by atoms with Crippen LogP contribution >= 0.6 is 8.58 Å². The van der Waals surface area contributed by atoms with Crippen molar-refractivity contribution in [1.29, 1.82) is 0 Å².